The summed E-state index contributed by atoms with van der Waals surface area (Å²) < 4.78 is 9.86. The number of aryl methyl sites for hydroxylation is 1. The largest absolute Gasteiger partial charge is 0.493 e. The highest BCUT2D eigenvalue weighted by molar-refractivity contribution is 7.98. The third-order valence-corrected chi connectivity index (χ3v) is 5.12. The summed E-state index contributed by atoms with van der Waals surface area (Å²) in [6, 6.07) is 17.9. The van der Waals surface area contributed by atoms with Crippen molar-refractivity contribution >= 4 is 34.3 Å². The second kappa shape index (κ2) is 9.35. The monoisotopic (exact) mass is 385 g/mol. The molecule has 3 rings (SSSR count). The SMILES string of the molecule is Cc1cccc(OCCC(=O)Nc2nc(SCc3ccccc3)ns2)c1. The fraction of sp³-hybridized carbons (Fsp3) is 0.211. The van der Waals surface area contributed by atoms with Crippen molar-refractivity contribution < 1.29 is 9.53 Å². The standard InChI is InChI=1S/C19H19N3O2S2/c1-14-6-5-9-16(12-14)24-11-10-17(23)20-18-21-19(22-26-18)25-13-15-7-3-2-4-8-15/h2-9,12H,10-11,13H2,1H3,(H,20,21,22,23). The Balaban J connectivity index is 1.41. The number of nitrogens with one attached hydrogen (secondary N) is 1. The Morgan fingerprint density at radius 3 is 2.85 bits per heavy atom. The number of hydrogen-bond acceptors (Lipinski definition) is 6. The first-order valence-electron chi connectivity index (χ1n) is 8.19. The first kappa shape index (κ1) is 18.4. The maximum Gasteiger partial charge on any atom is 0.229 e. The van der Waals surface area contributed by atoms with Crippen LogP contribution in [0.3, 0.4) is 0 Å². The summed E-state index contributed by atoms with van der Waals surface area (Å²) in [4.78, 5) is 16.3. The van der Waals surface area contributed by atoms with E-state index in [1.54, 1.807) is 11.8 Å². The average Bonchev–Trinajstić information content (AvgIpc) is 3.08. The summed E-state index contributed by atoms with van der Waals surface area (Å²) in [5, 5.41) is 3.96. The van der Waals surface area contributed by atoms with Gasteiger partial charge in [0.2, 0.25) is 16.2 Å². The lowest BCUT2D eigenvalue weighted by atomic mass is 10.2. The molecule has 0 saturated carbocycles. The number of thioether (sulfide) groups is 1. The summed E-state index contributed by atoms with van der Waals surface area (Å²) in [6.45, 7) is 2.33. The molecule has 2 aromatic carbocycles. The van der Waals surface area contributed by atoms with Gasteiger partial charge in [-0.05, 0) is 30.2 Å². The van der Waals surface area contributed by atoms with Gasteiger partial charge in [-0.15, -0.1) is 0 Å². The molecule has 0 aliphatic heterocycles. The highest BCUT2D eigenvalue weighted by atomic mass is 32.2. The lowest BCUT2D eigenvalue weighted by Crippen LogP contribution is -2.15. The van der Waals surface area contributed by atoms with Crippen molar-refractivity contribution in [1.29, 1.82) is 0 Å². The van der Waals surface area contributed by atoms with Gasteiger partial charge in [0.1, 0.15) is 5.75 Å². The molecule has 1 N–H and O–H groups in total. The number of carbonyl (C=O) groups is 1. The molecule has 0 atom stereocenters. The number of ether oxygens (including phenoxy) is 1. The van der Waals surface area contributed by atoms with Crippen LogP contribution in [-0.2, 0) is 10.5 Å². The van der Waals surface area contributed by atoms with E-state index < -0.39 is 0 Å². The molecule has 5 nitrogen and oxygen atoms in total. The van der Waals surface area contributed by atoms with Crippen molar-refractivity contribution in [2.24, 2.45) is 0 Å². The molecule has 1 aromatic heterocycles. The van der Waals surface area contributed by atoms with Gasteiger partial charge >= 0.3 is 0 Å². The quantitative estimate of drug-likeness (QED) is 0.577. The fourth-order valence-corrected chi connectivity index (χ4v) is 3.71. The zero-order valence-electron chi connectivity index (χ0n) is 14.3. The molecule has 0 saturated heterocycles. The molecule has 1 amide bonds. The topological polar surface area (TPSA) is 64.1 Å². The molecule has 0 unspecified atom stereocenters. The van der Waals surface area contributed by atoms with Crippen molar-refractivity contribution in [3.8, 4) is 5.75 Å². The van der Waals surface area contributed by atoms with Gasteiger partial charge in [-0.25, -0.2) is 0 Å². The smallest absolute Gasteiger partial charge is 0.229 e. The second-order valence-corrected chi connectivity index (χ2v) is 7.31. The Morgan fingerprint density at radius 1 is 1.19 bits per heavy atom. The second-order valence-electron chi connectivity index (χ2n) is 5.62. The molecular formula is C19H19N3O2S2. The zero-order chi connectivity index (χ0) is 18.2. The summed E-state index contributed by atoms with van der Waals surface area (Å²) in [6.07, 6.45) is 0.264. The van der Waals surface area contributed by atoms with Crippen LogP contribution in [0, 0.1) is 6.92 Å². The fourth-order valence-electron chi connectivity index (χ4n) is 2.19. The van der Waals surface area contributed by atoms with Crippen LogP contribution in [0.15, 0.2) is 59.8 Å². The van der Waals surface area contributed by atoms with Gasteiger partial charge in [-0.3, -0.25) is 4.79 Å². The maximum absolute atomic E-state index is 12.0. The zero-order valence-corrected chi connectivity index (χ0v) is 16.0. The molecule has 0 spiro atoms. The molecule has 134 valence electrons. The first-order chi connectivity index (χ1) is 12.7. The van der Waals surface area contributed by atoms with Crippen molar-refractivity contribution in [2.75, 3.05) is 11.9 Å². The van der Waals surface area contributed by atoms with E-state index in [4.69, 9.17) is 4.74 Å². The van der Waals surface area contributed by atoms with Crippen LogP contribution >= 0.6 is 23.3 Å². The van der Waals surface area contributed by atoms with Crippen molar-refractivity contribution in [2.45, 2.75) is 24.3 Å². The van der Waals surface area contributed by atoms with Crippen LogP contribution < -0.4 is 10.1 Å². The van der Waals surface area contributed by atoms with E-state index in [1.807, 2.05) is 49.4 Å². The number of carbonyl (C=O) groups excluding carboxylic acids is 1. The molecule has 7 heteroatoms. The maximum atomic E-state index is 12.0. The first-order valence-corrected chi connectivity index (χ1v) is 9.95. The molecule has 0 aliphatic rings. The molecule has 0 aliphatic carbocycles. The van der Waals surface area contributed by atoms with Crippen molar-refractivity contribution in [3.05, 3.63) is 65.7 Å². The minimum Gasteiger partial charge on any atom is -0.493 e. The van der Waals surface area contributed by atoms with Crippen molar-refractivity contribution in [1.82, 2.24) is 9.36 Å². The molecular weight excluding hydrogens is 366 g/mol. The number of rotatable bonds is 8. The van der Waals surface area contributed by atoms with Gasteiger partial charge < -0.3 is 10.1 Å². The number of aromatic nitrogens is 2. The lowest BCUT2D eigenvalue weighted by Gasteiger charge is -2.06. The number of hydrogen-bond donors (Lipinski definition) is 1. The Kier molecular flexibility index (Phi) is 6.62. The number of amides is 1. The lowest BCUT2D eigenvalue weighted by molar-refractivity contribution is -0.116. The normalized spacial score (nSPS) is 10.5. The Bertz CT molecular complexity index is 853. The van der Waals surface area contributed by atoms with Gasteiger partial charge in [0.05, 0.1) is 13.0 Å². The third-order valence-electron chi connectivity index (χ3n) is 3.45. The molecule has 0 bridgehead atoms. The van der Waals surface area contributed by atoms with Gasteiger partial charge in [-0.2, -0.15) is 9.36 Å². The van der Waals surface area contributed by atoms with Crippen LogP contribution in [0.5, 0.6) is 5.75 Å². The summed E-state index contributed by atoms with van der Waals surface area (Å²) in [7, 11) is 0. The Labute approximate surface area is 161 Å². The average molecular weight is 386 g/mol. The van der Waals surface area contributed by atoms with Crippen molar-refractivity contribution in [3.63, 3.8) is 0 Å². The van der Waals surface area contributed by atoms with E-state index in [2.05, 4.69) is 26.8 Å². The number of anilines is 1. The van der Waals surface area contributed by atoms with Gasteiger partial charge in [0, 0.05) is 17.3 Å². The molecule has 26 heavy (non-hydrogen) atoms. The highest BCUT2D eigenvalue weighted by Gasteiger charge is 2.09. The van der Waals surface area contributed by atoms with E-state index in [9.17, 15) is 4.79 Å². The summed E-state index contributed by atoms with van der Waals surface area (Å²) in [5.41, 5.74) is 2.34. The van der Waals surface area contributed by atoms with Gasteiger partial charge in [-0.1, -0.05) is 54.2 Å². The number of benzene rings is 2. The highest BCUT2D eigenvalue weighted by Crippen LogP contribution is 2.23. The van der Waals surface area contributed by atoms with E-state index in [-0.39, 0.29) is 12.3 Å². The van der Waals surface area contributed by atoms with Crippen LogP contribution in [-0.4, -0.2) is 21.9 Å². The van der Waals surface area contributed by atoms with E-state index in [0.29, 0.717) is 16.9 Å². The van der Waals surface area contributed by atoms with E-state index >= 15 is 0 Å². The molecule has 0 fully saturated rings. The number of nitrogens with zero attached hydrogens (tertiary/aromatic N) is 2. The van der Waals surface area contributed by atoms with E-state index in [0.717, 1.165) is 17.1 Å². The minimum absolute atomic E-state index is 0.131. The van der Waals surface area contributed by atoms with E-state index in [1.165, 1.54) is 17.1 Å². The minimum atomic E-state index is -0.131. The van der Waals surface area contributed by atoms with Crippen LogP contribution in [0.4, 0.5) is 5.13 Å². The Morgan fingerprint density at radius 2 is 2.04 bits per heavy atom. The van der Waals surface area contributed by atoms with Crippen LogP contribution in [0.25, 0.3) is 0 Å². The molecule has 1 heterocycles. The summed E-state index contributed by atoms with van der Waals surface area (Å²) >= 11 is 2.74. The third kappa shape index (κ3) is 5.86. The molecule has 0 radical (unpaired) electrons. The van der Waals surface area contributed by atoms with Crippen LogP contribution in [0.2, 0.25) is 0 Å². The Hall–Kier alpha value is -2.38. The van der Waals surface area contributed by atoms with Crippen LogP contribution in [0.1, 0.15) is 17.5 Å². The molecule has 3 aromatic rings. The summed E-state index contributed by atoms with van der Waals surface area (Å²) in [5.74, 6) is 1.44. The predicted molar refractivity (Wildman–Crippen MR) is 106 cm³/mol. The predicted octanol–water partition coefficient (Wildman–Crippen LogP) is 4.55. The van der Waals surface area contributed by atoms with Gasteiger partial charge in [0.15, 0.2) is 0 Å². The van der Waals surface area contributed by atoms with Gasteiger partial charge in [0.25, 0.3) is 0 Å².